The van der Waals surface area contributed by atoms with Crippen LogP contribution in [0.3, 0.4) is 0 Å². The van der Waals surface area contributed by atoms with Crippen molar-refractivity contribution in [1.29, 1.82) is 0 Å². The monoisotopic (exact) mass is 366 g/mol. The first kappa shape index (κ1) is 19.0. The summed E-state index contributed by atoms with van der Waals surface area (Å²) in [5.41, 5.74) is 1.97. The van der Waals surface area contributed by atoms with Gasteiger partial charge in [0.2, 0.25) is 11.8 Å². The quantitative estimate of drug-likeness (QED) is 0.853. The Labute approximate surface area is 160 Å². The minimum absolute atomic E-state index is 0.0726. The van der Waals surface area contributed by atoms with E-state index < -0.39 is 0 Å². The van der Waals surface area contributed by atoms with Crippen LogP contribution in [0.2, 0.25) is 0 Å². The van der Waals surface area contributed by atoms with Crippen LogP contribution in [0.4, 0.5) is 0 Å². The Morgan fingerprint density at radius 3 is 2.44 bits per heavy atom. The number of hydrogen-bond acceptors (Lipinski definition) is 3. The zero-order valence-electron chi connectivity index (χ0n) is 15.7. The third kappa shape index (κ3) is 5.09. The van der Waals surface area contributed by atoms with Crippen LogP contribution in [0.5, 0.6) is 5.75 Å². The van der Waals surface area contributed by atoms with Crippen LogP contribution in [0.15, 0.2) is 54.6 Å². The van der Waals surface area contributed by atoms with Crippen molar-refractivity contribution in [2.75, 3.05) is 20.2 Å². The van der Waals surface area contributed by atoms with Gasteiger partial charge >= 0.3 is 0 Å². The van der Waals surface area contributed by atoms with Gasteiger partial charge in [-0.1, -0.05) is 48.9 Å². The van der Waals surface area contributed by atoms with E-state index in [2.05, 4.69) is 5.32 Å². The van der Waals surface area contributed by atoms with Gasteiger partial charge in [-0.25, -0.2) is 0 Å². The number of hydrogen-bond donors (Lipinski definition) is 1. The maximum Gasteiger partial charge on any atom is 0.240 e. The maximum atomic E-state index is 12.7. The number of nitrogens with zero attached hydrogens (tertiary/aromatic N) is 1. The minimum Gasteiger partial charge on any atom is -0.497 e. The van der Waals surface area contributed by atoms with Crippen LogP contribution in [-0.4, -0.2) is 36.9 Å². The average molecular weight is 366 g/mol. The van der Waals surface area contributed by atoms with E-state index in [0.29, 0.717) is 13.0 Å². The summed E-state index contributed by atoms with van der Waals surface area (Å²) < 4.78 is 5.23. The van der Waals surface area contributed by atoms with Gasteiger partial charge < -0.3 is 15.0 Å². The molecule has 1 N–H and O–H groups in total. The summed E-state index contributed by atoms with van der Waals surface area (Å²) >= 11 is 0. The molecule has 0 bridgehead atoms. The summed E-state index contributed by atoms with van der Waals surface area (Å²) in [5, 5.41) is 3.10. The molecule has 5 nitrogen and oxygen atoms in total. The molecule has 2 aromatic carbocycles. The molecular formula is C22H26N2O3. The Morgan fingerprint density at radius 1 is 1.04 bits per heavy atom. The van der Waals surface area contributed by atoms with E-state index in [0.717, 1.165) is 36.1 Å². The van der Waals surface area contributed by atoms with Gasteiger partial charge in [-0.2, -0.15) is 0 Å². The van der Waals surface area contributed by atoms with Crippen molar-refractivity contribution >= 4 is 11.8 Å². The summed E-state index contributed by atoms with van der Waals surface area (Å²) in [7, 11) is 1.63. The van der Waals surface area contributed by atoms with Crippen molar-refractivity contribution in [3.63, 3.8) is 0 Å². The average Bonchev–Trinajstić information content (AvgIpc) is 2.91. The highest BCUT2D eigenvalue weighted by atomic mass is 16.5. The van der Waals surface area contributed by atoms with Crippen LogP contribution in [0, 0.1) is 0 Å². The molecule has 142 valence electrons. The summed E-state index contributed by atoms with van der Waals surface area (Å²) in [6.45, 7) is 0.767. The SMILES string of the molecule is COc1ccc(C(NC(=O)CN2CCCCCC2=O)c2ccccc2)cc1. The van der Waals surface area contributed by atoms with Gasteiger partial charge in [0.1, 0.15) is 5.75 Å². The van der Waals surface area contributed by atoms with E-state index >= 15 is 0 Å². The second kappa shape index (κ2) is 9.21. The molecule has 0 radical (unpaired) electrons. The van der Waals surface area contributed by atoms with Crippen LogP contribution >= 0.6 is 0 Å². The first-order valence-corrected chi connectivity index (χ1v) is 9.43. The Bertz CT molecular complexity index is 759. The number of carbonyl (C=O) groups is 2. The lowest BCUT2D eigenvalue weighted by Crippen LogP contribution is -2.41. The van der Waals surface area contributed by atoms with Crippen molar-refractivity contribution in [3.8, 4) is 5.75 Å². The molecule has 5 heteroatoms. The number of methoxy groups -OCH3 is 1. The van der Waals surface area contributed by atoms with E-state index in [1.54, 1.807) is 12.0 Å². The minimum atomic E-state index is -0.272. The normalized spacial score (nSPS) is 15.7. The van der Waals surface area contributed by atoms with Crippen molar-refractivity contribution < 1.29 is 14.3 Å². The molecule has 27 heavy (non-hydrogen) atoms. The second-order valence-corrected chi connectivity index (χ2v) is 6.81. The third-order valence-electron chi connectivity index (χ3n) is 4.89. The number of likely N-dealkylation sites (tertiary alicyclic amines) is 1. The highest BCUT2D eigenvalue weighted by Crippen LogP contribution is 2.24. The van der Waals surface area contributed by atoms with Crippen LogP contribution in [0.1, 0.15) is 42.9 Å². The molecular weight excluding hydrogens is 340 g/mol. The maximum absolute atomic E-state index is 12.7. The molecule has 3 rings (SSSR count). The fourth-order valence-corrected chi connectivity index (χ4v) is 3.39. The van der Waals surface area contributed by atoms with E-state index in [1.165, 1.54) is 0 Å². The number of carbonyl (C=O) groups excluding carboxylic acids is 2. The standard InChI is InChI=1S/C22H26N2O3/c1-27-19-13-11-18(12-14-19)22(17-8-4-2-5-9-17)23-20(25)16-24-15-7-3-6-10-21(24)26/h2,4-5,8-9,11-14,22H,3,6-7,10,15-16H2,1H3,(H,23,25). The predicted octanol–water partition coefficient (Wildman–Crippen LogP) is 3.30. The molecule has 1 saturated heterocycles. The van der Waals surface area contributed by atoms with Crippen molar-refractivity contribution in [2.24, 2.45) is 0 Å². The van der Waals surface area contributed by atoms with Crippen LogP contribution in [-0.2, 0) is 9.59 Å². The lowest BCUT2D eigenvalue weighted by molar-refractivity contribution is -0.135. The second-order valence-electron chi connectivity index (χ2n) is 6.81. The fourth-order valence-electron chi connectivity index (χ4n) is 3.39. The Kier molecular flexibility index (Phi) is 6.47. The first-order valence-electron chi connectivity index (χ1n) is 9.43. The van der Waals surface area contributed by atoms with Crippen molar-refractivity contribution in [2.45, 2.75) is 31.7 Å². The summed E-state index contributed by atoms with van der Waals surface area (Å²) in [6, 6.07) is 17.2. The number of nitrogens with one attached hydrogen (secondary N) is 1. The third-order valence-corrected chi connectivity index (χ3v) is 4.89. The van der Waals surface area contributed by atoms with Gasteiger partial charge in [-0.3, -0.25) is 9.59 Å². The van der Waals surface area contributed by atoms with E-state index in [9.17, 15) is 9.59 Å². The lowest BCUT2D eigenvalue weighted by atomic mass is 9.98. The molecule has 0 aromatic heterocycles. The molecule has 0 aliphatic carbocycles. The first-order chi connectivity index (χ1) is 13.2. The molecule has 1 fully saturated rings. The van der Waals surface area contributed by atoms with Crippen molar-refractivity contribution in [3.05, 3.63) is 65.7 Å². The lowest BCUT2D eigenvalue weighted by Gasteiger charge is -2.24. The van der Waals surface area contributed by atoms with Gasteiger partial charge in [-0.15, -0.1) is 0 Å². The van der Waals surface area contributed by atoms with Gasteiger partial charge in [0.25, 0.3) is 0 Å². The van der Waals surface area contributed by atoms with E-state index in [-0.39, 0.29) is 24.4 Å². The Morgan fingerprint density at radius 2 is 1.74 bits per heavy atom. The summed E-state index contributed by atoms with van der Waals surface area (Å²) in [4.78, 5) is 26.6. The Balaban J connectivity index is 1.76. The van der Waals surface area contributed by atoms with Gasteiger partial charge in [-0.05, 0) is 36.1 Å². The van der Waals surface area contributed by atoms with Crippen molar-refractivity contribution in [1.82, 2.24) is 10.2 Å². The van der Waals surface area contributed by atoms with Crippen LogP contribution in [0.25, 0.3) is 0 Å². The molecule has 0 saturated carbocycles. The number of ether oxygens (including phenoxy) is 1. The van der Waals surface area contributed by atoms with E-state index in [1.807, 2.05) is 54.6 Å². The summed E-state index contributed by atoms with van der Waals surface area (Å²) in [6.07, 6.45) is 3.45. The molecule has 1 atom stereocenters. The van der Waals surface area contributed by atoms with E-state index in [4.69, 9.17) is 4.74 Å². The largest absolute Gasteiger partial charge is 0.497 e. The number of benzene rings is 2. The highest BCUT2D eigenvalue weighted by molar-refractivity contribution is 5.85. The Hall–Kier alpha value is -2.82. The molecule has 1 unspecified atom stereocenters. The fraction of sp³-hybridized carbons (Fsp3) is 0.364. The number of amides is 2. The smallest absolute Gasteiger partial charge is 0.240 e. The van der Waals surface area contributed by atoms with Gasteiger partial charge in [0, 0.05) is 13.0 Å². The summed E-state index contributed by atoms with van der Waals surface area (Å²) in [5.74, 6) is 0.699. The molecule has 2 aromatic rings. The molecule has 1 aliphatic heterocycles. The van der Waals surface area contributed by atoms with Gasteiger partial charge in [0.05, 0.1) is 19.7 Å². The molecule has 1 aliphatic rings. The van der Waals surface area contributed by atoms with Crippen LogP contribution < -0.4 is 10.1 Å². The zero-order valence-corrected chi connectivity index (χ0v) is 15.7. The predicted molar refractivity (Wildman–Crippen MR) is 104 cm³/mol. The molecule has 0 spiro atoms. The molecule has 2 amide bonds. The molecule has 1 heterocycles. The number of rotatable bonds is 6. The zero-order chi connectivity index (χ0) is 19.1. The van der Waals surface area contributed by atoms with Gasteiger partial charge in [0.15, 0.2) is 0 Å². The topological polar surface area (TPSA) is 58.6 Å². The highest BCUT2D eigenvalue weighted by Gasteiger charge is 2.22.